The highest BCUT2D eigenvalue weighted by Gasteiger charge is 2.21. The number of ether oxygens (including phenoxy) is 1. The quantitative estimate of drug-likeness (QED) is 0.237. The minimum atomic E-state index is 0.159. The summed E-state index contributed by atoms with van der Waals surface area (Å²) >= 11 is 9.36. The van der Waals surface area contributed by atoms with Crippen molar-refractivity contribution >= 4 is 56.0 Å². The summed E-state index contributed by atoms with van der Waals surface area (Å²) in [5.41, 5.74) is 3.40. The summed E-state index contributed by atoms with van der Waals surface area (Å²) in [5, 5.41) is 1.56. The summed E-state index contributed by atoms with van der Waals surface area (Å²) in [6.45, 7) is 9.40. The van der Waals surface area contributed by atoms with E-state index < -0.39 is 0 Å². The molecule has 3 aromatic rings. The van der Waals surface area contributed by atoms with Crippen LogP contribution in [-0.4, -0.2) is 60.9 Å². The molecule has 34 heavy (non-hydrogen) atoms. The fourth-order valence-corrected chi connectivity index (χ4v) is 6.32. The molecule has 2 heterocycles. The van der Waals surface area contributed by atoms with Crippen molar-refractivity contribution in [3.8, 4) is 0 Å². The van der Waals surface area contributed by atoms with Gasteiger partial charge in [-0.15, -0.1) is 11.8 Å². The molecule has 5 nitrogen and oxygen atoms in total. The summed E-state index contributed by atoms with van der Waals surface area (Å²) in [7, 11) is 0. The Morgan fingerprint density at radius 2 is 1.94 bits per heavy atom. The van der Waals surface area contributed by atoms with Crippen LogP contribution in [0.4, 0.5) is 5.13 Å². The third kappa shape index (κ3) is 6.95. The molecule has 0 spiro atoms. The zero-order valence-electron chi connectivity index (χ0n) is 19.9. The lowest BCUT2D eigenvalue weighted by molar-refractivity contribution is -0.118. The van der Waals surface area contributed by atoms with Gasteiger partial charge in [-0.25, -0.2) is 4.98 Å². The lowest BCUT2D eigenvalue weighted by atomic mass is 10.1. The van der Waals surface area contributed by atoms with E-state index in [2.05, 4.69) is 30.9 Å². The molecule has 1 saturated heterocycles. The molecule has 4 rings (SSSR count). The predicted octanol–water partition coefficient (Wildman–Crippen LogP) is 6.19. The van der Waals surface area contributed by atoms with Gasteiger partial charge < -0.3 is 4.74 Å². The van der Waals surface area contributed by atoms with E-state index in [4.69, 9.17) is 21.3 Å². The summed E-state index contributed by atoms with van der Waals surface area (Å²) in [6.07, 6.45) is 2.28. The zero-order valence-corrected chi connectivity index (χ0v) is 22.3. The average molecular weight is 518 g/mol. The van der Waals surface area contributed by atoms with Crippen molar-refractivity contribution in [1.29, 1.82) is 0 Å². The number of halogens is 1. The number of rotatable bonds is 10. The Bertz CT molecular complexity index is 1100. The Morgan fingerprint density at radius 3 is 2.71 bits per heavy atom. The third-order valence-corrected chi connectivity index (χ3v) is 8.30. The number of carbonyl (C=O) groups excluding carboxylic acids is 1. The molecule has 0 bridgehead atoms. The number of hydrogen-bond acceptors (Lipinski definition) is 6. The van der Waals surface area contributed by atoms with Crippen LogP contribution in [0.3, 0.4) is 0 Å². The number of benzene rings is 2. The number of thiazole rings is 1. The van der Waals surface area contributed by atoms with Gasteiger partial charge in [0.05, 0.1) is 23.4 Å². The van der Waals surface area contributed by atoms with Crippen LogP contribution < -0.4 is 4.90 Å². The molecule has 0 aliphatic carbocycles. The Hall–Kier alpha value is -1.64. The molecular weight excluding hydrogens is 486 g/mol. The molecular formula is C26H32ClN3O2S2. The van der Waals surface area contributed by atoms with Crippen molar-refractivity contribution in [3.63, 3.8) is 0 Å². The summed E-state index contributed by atoms with van der Waals surface area (Å²) < 4.78 is 6.61. The number of carbonyl (C=O) groups is 1. The monoisotopic (exact) mass is 517 g/mol. The largest absolute Gasteiger partial charge is 0.379 e. The van der Waals surface area contributed by atoms with Crippen molar-refractivity contribution in [2.24, 2.45) is 0 Å². The van der Waals surface area contributed by atoms with Gasteiger partial charge in [0.2, 0.25) is 5.91 Å². The molecule has 1 aliphatic heterocycles. The maximum atomic E-state index is 13.3. The van der Waals surface area contributed by atoms with Gasteiger partial charge in [-0.2, -0.15) is 0 Å². The van der Waals surface area contributed by atoms with Crippen molar-refractivity contribution in [3.05, 3.63) is 52.5 Å². The highest BCUT2D eigenvalue weighted by Crippen LogP contribution is 2.32. The van der Waals surface area contributed by atoms with Gasteiger partial charge in [0.1, 0.15) is 0 Å². The number of morpholine rings is 1. The predicted molar refractivity (Wildman–Crippen MR) is 145 cm³/mol. The molecule has 0 radical (unpaired) electrons. The van der Waals surface area contributed by atoms with Gasteiger partial charge >= 0.3 is 0 Å². The molecule has 0 N–H and O–H groups in total. The lowest BCUT2D eigenvalue weighted by Crippen LogP contribution is -2.39. The van der Waals surface area contributed by atoms with E-state index >= 15 is 0 Å². The number of hydrogen-bond donors (Lipinski definition) is 0. The highest BCUT2D eigenvalue weighted by molar-refractivity contribution is 7.99. The van der Waals surface area contributed by atoms with E-state index in [1.54, 1.807) is 23.1 Å². The number of nitrogens with zero attached hydrogens (tertiary/aromatic N) is 3. The van der Waals surface area contributed by atoms with Crippen LogP contribution in [-0.2, 0) is 9.53 Å². The number of thioether (sulfide) groups is 1. The summed E-state index contributed by atoms with van der Waals surface area (Å²) in [6, 6.07) is 12.2. The van der Waals surface area contributed by atoms with E-state index in [9.17, 15) is 4.79 Å². The lowest BCUT2D eigenvalue weighted by Gasteiger charge is -2.27. The molecule has 0 saturated carbocycles. The molecule has 182 valence electrons. The van der Waals surface area contributed by atoms with E-state index in [1.807, 2.05) is 29.2 Å². The summed E-state index contributed by atoms with van der Waals surface area (Å²) in [4.78, 5) is 23.8. The fourth-order valence-electron chi connectivity index (χ4n) is 4.16. The van der Waals surface area contributed by atoms with Crippen molar-refractivity contribution in [2.75, 3.05) is 50.0 Å². The van der Waals surface area contributed by atoms with E-state index in [1.165, 1.54) is 10.5 Å². The second-order valence-electron chi connectivity index (χ2n) is 8.68. The standard InChI is InChI=1S/C26H32ClN3O2S2/c1-19-17-20(2)25-23(18-19)34-26(28-25)30(11-4-10-29-12-14-32-15-13-29)24(31)5-3-16-33-22-8-6-21(27)7-9-22/h6-9,17-18H,3-5,10-16H2,1-2H3. The van der Waals surface area contributed by atoms with Gasteiger partial charge in [-0.1, -0.05) is 29.0 Å². The van der Waals surface area contributed by atoms with Crippen LogP contribution in [0, 0.1) is 13.8 Å². The van der Waals surface area contributed by atoms with Gasteiger partial charge in [0.15, 0.2) is 5.13 Å². The van der Waals surface area contributed by atoms with E-state index in [-0.39, 0.29) is 5.91 Å². The van der Waals surface area contributed by atoms with Gasteiger partial charge in [-0.05, 0) is 73.9 Å². The molecule has 1 amide bonds. The number of anilines is 1. The SMILES string of the molecule is Cc1cc(C)c2nc(N(CCCN3CCOCC3)C(=O)CCCSc3ccc(Cl)cc3)sc2c1. The van der Waals surface area contributed by atoms with Crippen molar-refractivity contribution in [2.45, 2.75) is 38.0 Å². The van der Waals surface area contributed by atoms with E-state index in [0.717, 1.165) is 77.4 Å². The third-order valence-electron chi connectivity index (χ3n) is 5.93. The molecule has 0 unspecified atom stereocenters. The minimum Gasteiger partial charge on any atom is -0.379 e. The molecule has 2 aromatic carbocycles. The normalized spacial score (nSPS) is 14.6. The van der Waals surface area contributed by atoms with Crippen LogP contribution in [0.25, 0.3) is 10.2 Å². The first-order valence-corrected chi connectivity index (χ1v) is 14.0. The second kappa shape index (κ2) is 12.4. The molecule has 1 aliphatic rings. The minimum absolute atomic E-state index is 0.159. The smallest absolute Gasteiger partial charge is 0.228 e. The van der Waals surface area contributed by atoms with Crippen LogP contribution in [0.15, 0.2) is 41.3 Å². The molecule has 1 fully saturated rings. The summed E-state index contributed by atoms with van der Waals surface area (Å²) in [5.74, 6) is 1.06. The van der Waals surface area contributed by atoms with Crippen molar-refractivity contribution in [1.82, 2.24) is 9.88 Å². The molecule has 1 aromatic heterocycles. The average Bonchev–Trinajstić information content (AvgIpc) is 3.25. The second-order valence-corrected chi connectivity index (χ2v) is 11.3. The Morgan fingerprint density at radius 1 is 1.18 bits per heavy atom. The van der Waals surface area contributed by atoms with Crippen LogP contribution in [0.2, 0.25) is 5.02 Å². The number of amides is 1. The van der Waals surface area contributed by atoms with Crippen LogP contribution in [0.5, 0.6) is 0 Å². The van der Waals surface area contributed by atoms with Gasteiger partial charge in [0.25, 0.3) is 0 Å². The maximum absolute atomic E-state index is 13.3. The first-order chi connectivity index (χ1) is 16.5. The molecule has 0 atom stereocenters. The Labute approximate surface area is 215 Å². The number of aryl methyl sites for hydroxylation is 2. The number of fused-ring (bicyclic) bond motifs is 1. The fraction of sp³-hybridized carbons (Fsp3) is 0.462. The van der Waals surface area contributed by atoms with Gasteiger partial charge in [-0.3, -0.25) is 14.6 Å². The number of aromatic nitrogens is 1. The first kappa shape index (κ1) is 25.5. The van der Waals surface area contributed by atoms with Crippen LogP contribution >= 0.6 is 34.7 Å². The molecule has 8 heteroatoms. The maximum Gasteiger partial charge on any atom is 0.228 e. The Balaban J connectivity index is 1.40. The van der Waals surface area contributed by atoms with E-state index in [0.29, 0.717) is 13.0 Å². The zero-order chi connectivity index (χ0) is 23.9. The highest BCUT2D eigenvalue weighted by atomic mass is 35.5. The Kier molecular flexibility index (Phi) is 9.25. The van der Waals surface area contributed by atoms with Gasteiger partial charge in [0, 0.05) is 42.5 Å². The topological polar surface area (TPSA) is 45.7 Å². The van der Waals surface area contributed by atoms with Crippen molar-refractivity contribution < 1.29 is 9.53 Å². The first-order valence-electron chi connectivity index (χ1n) is 11.9. The van der Waals surface area contributed by atoms with Crippen LogP contribution in [0.1, 0.15) is 30.4 Å².